The van der Waals surface area contributed by atoms with Crippen LogP contribution in [0.4, 0.5) is 0 Å². The number of amides is 1. The predicted molar refractivity (Wildman–Crippen MR) is 120 cm³/mol. The van der Waals surface area contributed by atoms with E-state index in [0.29, 0.717) is 10.5 Å². The van der Waals surface area contributed by atoms with E-state index < -0.39 is 11.9 Å². The standard InChI is InChI=1S/C23H24N2O4S/c1-6-29-23(28)19-20(26)18(12-16-11-14(3)25(5)15(16)4)30-22(19)24-21(27)17-10-8-7-9-13(17)2/h7-12,26H,6H2,1-5H3/b18-12-,24-22?. The van der Waals surface area contributed by atoms with Gasteiger partial charge in [-0.1, -0.05) is 30.0 Å². The molecule has 2 aromatic rings. The molecule has 7 heteroatoms. The Hall–Kier alpha value is -3.06. The molecule has 0 radical (unpaired) electrons. The topological polar surface area (TPSA) is 80.9 Å². The Labute approximate surface area is 180 Å². The van der Waals surface area contributed by atoms with Crippen LogP contribution in [0.15, 0.2) is 51.6 Å². The van der Waals surface area contributed by atoms with E-state index >= 15 is 0 Å². The lowest BCUT2D eigenvalue weighted by Crippen LogP contribution is -2.14. The van der Waals surface area contributed by atoms with E-state index in [9.17, 15) is 14.7 Å². The number of thioether (sulfide) groups is 1. The van der Waals surface area contributed by atoms with Gasteiger partial charge in [0.05, 0.1) is 11.5 Å². The van der Waals surface area contributed by atoms with Gasteiger partial charge >= 0.3 is 5.97 Å². The van der Waals surface area contributed by atoms with Crippen molar-refractivity contribution in [1.82, 2.24) is 4.57 Å². The summed E-state index contributed by atoms with van der Waals surface area (Å²) >= 11 is 1.08. The molecule has 2 heterocycles. The fourth-order valence-corrected chi connectivity index (χ4v) is 4.13. The summed E-state index contributed by atoms with van der Waals surface area (Å²) in [5, 5.41) is 10.9. The van der Waals surface area contributed by atoms with Gasteiger partial charge < -0.3 is 14.4 Å². The molecule has 1 aliphatic rings. The summed E-state index contributed by atoms with van der Waals surface area (Å²) in [5.41, 5.74) is 4.15. The van der Waals surface area contributed by atoms with Gasteiger partial charge in [0.15, 0.2) is 0 Å². The molecule has 1 amide bonds. The van der Waals surface area contributed by atoms with Gasteiger partial charge in [0.25, 0.3) is 5.91 Å². The lowest BCUT2D eigenvalue weighted by Gasteiger charge is -2.04. The van der Waals surface area contributed by atoms with Gasteiger partial charge in [-0.15, -0.1) is 0 Å². The number of aliphatic imine (C=N–C) groups is 1. The zero-order valence-corrected chi connectivity index (χ0v) is 18.5. The van der Waals surface area contributed by atoms with E-state index in [1.165, 1.54) is 0 Å². The first kappa shape index (κ1) is 21.6. The van der Waals surface area contributed by atoms with E-state index in [4.69, 9.17) is 4.74 Å². The number of aryl methyl sites for hydroxylation is 2. The van der Waals surface area contributed by atoms with Crippen LogP contribution < -0.4 is 0 Å². The maximum absolute atomic E-state index is 12.7. The normalized spacial score (nSPS) is 16.6. The second-order valence-corrected chi connectivity index (χ2v) is 8.01. The molecule has 0 spiro atoms. The van der Waals surface area contributed by atoms with Gasteiger partial charge in [0.1, 0.15) is 16.4 Å². The van der Waals surface area contributed by atoms with Gasteiger partial charge in [-0.3, -0.25) is 4.79 Å². The molecule has 0 saturated carbocycles. The molecule has 0 unspecified atom stereocenters. The second kappa shape index (κ2) is 8.75. The van der Waals surface area contributed by atoms with E-state index in [1.54, 1.807) is 25.1 Å². The number of aliphatic hydroxyl groups is 1. The van der Waals surface area contributed by atoms with Crippen LogP contribution in [0.5, 0.6) is 0 Å². The molecule has 0 saturated heterocycles. The third kappa shape index (κ3) is 4.11. The number of nitrogens with zero attached hydrogens (tertiary/aromatic N) is 2. The number of aliphatic hydroxyl groups excluding tert-OH is 1. The number of carbonyl (C=O) groups is 2. The molecule has 3 rings (SSSR count). The molecule has 0 atom stereocenters. The van der Waals surface area contributed by atoms with Crippen LogP contribution in [-0.2, 0) is 16.6 Å². The van der Waals surface area contributed by atoms with Crippen molar-refractivity contribution in [3.63, 3.8) is 0 Å². The first-order valence-corrected chi connectivity index (χ1v) is 10.4. The van der Waals surface area contributed by atoms with Crippen molar-refractivity contribution in [2.45, 2.75) is 27.7 Å². The number of ether oxygens (including phenoxy) is 1. The number of esters is 1. The Bertz CT molecular complexity index is 1120. The summed E-state index contributed by atoms with van der Waals surface area (Å²) in [6, 6.07) is 9.09. The highest BCUT2D eigenvalue weighted by molar-refractivity contribution is 8.18. The smallest absolute Gasteiger partial charge is 0.344 e. The number of hydrogen-bond donors (Lipinski definition) is 1. The molecule has 1 aromatic carbocycles. The molecule has 1 aliphatic heterocycles. The van der Waals surface area contributed by atoms with Crippen LogP contribution in [0.2, 0.25) is 0 Å². The van der Waals surface area contributed by atoms with E-state index in [2.05, 4.69) is 4.99 Å². The minimum absolute atomic E-state index is 0.0830. The van der Waals surface area contributed by atoms with Gasteiger partial charge in [0, 0.05) is 24.0 Å². The average molecular weight is 425 g/mol. The molecule has 6 nitrogen and oxygen atoms in total. The summed E-state index contributed by atoms with van der Waals surface area (Å²) in [6.45, 7) is 7.61. The van der Waals surface area contributed by atoms with Crippen molar-refractivity contribution in [3.05, 3.63) is 74.6 Å². The van der Waals surface area contributed by atoms with Crippen LogP contribution in [-0.4, -0.2) is 33.2 Å². The van der Waals surface area contributed by atoms with E-state index in [0.717, 1.165) is 34.3 Å². The fourth-order valence-electron chi connectivity index (χ4n) is 3.13. The molecular formula is C23H24N2O4S. The third-order valence-electron chi connectivity index (χ3n) is 5.05. The minimum atomic E-state index is -0.705. The zero-order chi connectivity index (χ0) is 22.0. The van der Waals surface area contributed by atoms with Gasteiger partial charge in [-0.2, -0.15) is 0 Å². The van der Waals surface area contributed by atoms with Crippen LogP contribution in [0.3, 0.4) is 0 Å². The summed E-state index contributed by atoms with van der Waals surface area (Å²) in [6.07, 6.45) is 1.79. The van der Waals surface area contributed by atoms with Crippen molar-refractivity contribution in [3.8, 4) is 0 Å². The first-order valence-electron chi connectivity index (χ1n) is 9.56. The van der Waals surface area contributed by atoms with Crippen LogP contribution in [0.1, 0.15) is 39.8 Å². The summed E-state index contributed by atoms with van der Waals surface area (Å²) in [7, 11) is 1.96. The molecule has 156 valence electrons. The van der Waals surface area contributed by atoms with Crippen molar-refractivity contribution in [2.24, 2.45) is 12.0 Å². The number of rotatable bonds is 4. The number of carbonyl (C=O) groups excluding carboxylic acids is 2. The maximum Gasteiger partial charge on any atom is 0.344 e. The number of benzene rings is 1. The maximum atomic E-state index is 12.7. The molecule has 1 aromatic heterocycles. The predicted octanol–water partition coefficient (Wildman–Crippen LogP) is 4.65. The molecule has 1 N–H and O–H groups in total. The minimum Gasteiger partial charge on any atom is -0.506 e. The van der Waals surface area contributed by atoms with Crippen molar-refractivity contribution in [1.29, 1.82) is 0 Å². The number of hydrogen-bond acceptors (Lipinski definition) is 5. The SMILES string of the molecule is CCOC(=O)C1=C(O)/C(=C/c2cc(C)n(C)c2C)SC1=NC(=O)c1ccccc1C. The van der Waals surface area contributed by atoms with E-state index in [1.807, 2.05) is 50.6 Å². The highest BCUT2D eigenvalue weighted by Crippen LogP contribution is 2.39. The lowest BCUT2D eigenvalue weighted by atomic mass is 10.1. The fraction of sp³-hybridized carbons (Fsp3) is 0.261. The Morgan fingerprint density at radius 1 is 1.23 bits per heavy atom. The largest absolute Gasteiger partial charge is 0.506 e. The average Bonchev–Trinajstić information content (AvgIpc) is 3.13. The van der Waals surface area contributed by atoms with Crippen molar-refractivity contribution < 1.29 is 19.4 Å². The van der Waals surface area contributed by atoms with Gasteiger partial charge in [-0.05, 0) is 57.0 Å². The summed E-state index contributed by atoms with van der Waals surface area (Å²) in [4.78, 5) is 29.8. The van der Waals surface area contributed by atoms with Crippen LogP contribution in [0.25, 0.3) is 6.08 Å². The van der Waals surface area contributed by atoms with E-state index in [-0.39, 0.29) is 23.0 Å². The Kier molecular flexibility index (Phi) is 6.31. The van der Waals surface area contributed by atoms with Crippen LogP contribution >= 0.6 is 11.8 Å². The highest BCUT2D eigenvalue weighted by Gasteiger charge is 2.34. The summed E-state index contributed by atoms with van der Waals surface area (Å²) in [5.74, 6) is -1.41. The van der Waals surface area contributed by atoms with Crippen LogP contribution in [0, 0.1) is 20.8 Å². The first-order chi connectivity index (χ1) is 14.2. The molecule has 30 heavy (non-hydrogen) atoms. The van der Waals surface area contributed by atoms with Crippen molar-refractivity contribution >= 4 is 34.8 Å². The monoisotopic (exact) mass is 424 g/mol. The Morgan fingerprint density at radius 2 is 1.93 bits per heavy atom. The molecule has 0 aliphatic carbocycles. The Morgan fingerprint density at radius 3 is 2.53 bits per heavy atom. The quantitative estimate of drug-likeness (QED) is 0.723. The third-order valence-corrected chi connectivity index (χ3v) is 6.07. The summed E-state index contributed by atoms with van der Waals surface area (Å²) < 4.78 is 7.13. The second-order valence-electron chi connectivity index (χ2n) is 6.98. The Balaban J connectivity index is 2.06. The lowest BCUT2D eigenvalue weighted by molar-refractivity contribution is -0.138. The number of aromatic nitrogens is 1. The molecular weight excluding hydrogens is 400 g/mol. The molecule has 0 bridgehead atoms. The van der Waals surface area contributed by atoms with Gasteiger partial charge in [0.2, 0.25) is 0 Å². The zero-order valence-electron chi connectivity index (χ0n) is 17.6. The molecule has 0 fully saturated rings. The van der Waals surface area contributed by atoms with Gasteiger partial charge in [-0.25, -0.2) is 9.79 Å². The van der Waals surface area contributed by atoms with Crippen molar-refractivity contribution in [2.75, 3.05) is 6.61 Å². The highest BCUT2D eigenvalue weighted by atomic mass is 32.2.